The summed E-state index contributed by atoms with van der Waals surface area (Å²) in [5, 5.41) is 0. The Bertz CT molecular complexity index is 1350. The van der Waals surface area contributed by atoms with Crippen LogP contribution in [0, 0.1) is 0 Å². The lowest BCUT2D eigenvalue weighted by Crippen LogP contribution is -2.30. The summed E-state index contributed by atoms with van der Waals surface area (Å²) in [5.41, 5.74) is 0. The number of hydrogen-bond acceptors (Lipinski definition) is 6. The number of rotatable bonds is 64. The maximum atomic E-state index is 12.8. The molecule has 0 heterocycles. The van der Waals surface area contributed by atoms with E-state index >= 15 is 0 Å². The molecule has 0 aliphatic rings. The molecule has 0 aromatic rings. The van der Waals surface area contributed by atoms with Gasteiger partial charge >= 0.3 is 17.9 Å². The quantitative estimate of drug-likeness (QED) is 0.0261. The molecule has 1 atom stereocenters. The summed E-state index contributed by atoms with van der Waals surface area (Å²) in [6.45, 7) is 6.53. The number of unbranched alkanes of at least 4 members (excludes halogenated alkanes) is 45. The first kappa shape index (κ1) is 75.4. The van der Waals surface area contributed by atoms with E-state index in [9.17, 15) is 14.4 Å². The van der Waals surface area contributed by atoms with Crippen molar-refractivity contribution in [3.05, 3.63) is 48.6 Å². The van der Waals surface area contributed by atoms with Gasteiger partial charge in [-0.25, -0.2) is 0 Å². The van der Waals surface area contributed by atoms with Gasteiger partial charge in [0.2, 0.25) is 0 Å². The smallest absolute Gasteiger partial charge is 0.306 e. The average Bonchev–Trinajstić information content (AvgIpc) is 3.44. The Morgan fingerprint density at radius 1 is 0.269 bits per heavy atom. The molecule has 6 nitrogen and oxygen atoms in total. The van der Waals surface area contributed by atoms with E-state index in [4.69, 9.17) is 14.2 Å². The van der Waals surface area contributed by atoms with Gasteiger partial charge < -0.3 is 14.2 Å². The molecule has 0 amide bonds. The normalized spacial score (nSPS) is 12.3. The zero-order valence-corrected chi connectivity index (χ0v) is 52.5. The van der Waals surface area contributed by atoms with E-state index < -0.39 is 6.10 Å². The second-order valence-corrected chi connectivity index (χ2v) is 23.4. The summed E-state index contributed by atoms with van der Waals surface area (Å²) in [4.78, 5) is 38.2. The Morgan fingerprint density at radius 2 is 0.500 bits per heavy atom. The van der Waals surface area contributed by atoms with Crippen LogP contribution in [0.4, 0.5) is 0 Å². The summed E-state index contributed by atoms with van der Waals surface area (Å²) in [5.74, 6) is -0.905. The molecule has 0 rings (SSSR count). The lowest BCUT2D eigenvalue weighted by atomic mass is 10.0. The average molecular weight is 1090 g/mol. The first-order valence-corrected chi connectivity index (χ1v) is 34.6. The van der Waals surface area contributed by atoms with Crippen LogP contribution in [0.2, 0.25) is 0 Å². The van der Waals surface area contributed by atoms with E-state index in [2.05, 4.69) is 69.4 Å². The highest BCUT2D eigenvalue weighted by molar-refractivity contribution is 5.71. The molecule has 0 bridgehead atoms. The fraction of sp³-hybridized carbons (Fsp3) is 0.847. The van der Waals surface area contributed by atoms with Crippen molar-refractivity contribution in [3.8, 4) is 0 Å². The maximum Gasteiger partial charge on any atom is 0.306 e. The van der Waals surface area contributed by atoms with Crippen molar-refractivity contribution >= 4 is 17.9 Å². The zero-order chi connectivity index (χ0) is 56.4. The number of carbonyl (C=O) groups is 3. The molecule has 0 spiro atoms. The topological polar surface area (TPSA) is 78.9 Å². The van der Waals surface area contributed by atoms with Crippen LogP contribution in [0.5, 0.6) is 0 Å². The van der Waals surface area contributed by atoms with Gasteiger partial charge in [0, 0.05) is 19.3 Å². The molecular weight excluding hydrogens is 961 g/mol. The van der Waals surface area contributed by atoms with Gasteiger partial charge in [0.05, 0.1) is 0 Å². The van der Waals surface area contributed by atoms with Crippen molar-refractivity contribution in [2.45, 2.75) is 380 Å². The minimum Gasteiger partial charge on any atom is -0.462 e. The van der Waals surface area contributed by atoms with E-state index in [1.165, 1.54) is 244 Å². The van der Waals surface area contributed by atoms with Crippen molar-refractivity contribution in [2.24, 2.45) is 0 Å². The van der Waals surface area contributed by atoms with Crippen LogP contribution >= 0.6 is 0 Å². The van der Waals surface area contributed by atoms with E-state index in [1.807, 2.05) is 0 Å². The third-order valence-electron chi connectivity index (χ3n) is 15.6. The molecule has 0 radical (unpaired) electrons. The van der Waals surface area contributed by atoms with Crippen molar-refractivity contribution in [3.63, 3.8) is 0 Å². The van der Waals surface area contributed by atoms with Crippen LogP contribution in [0.15, 0.2) is 48.6 Å². The van der Waals surface area contributed by atoms with Crippen LogP contribution in [-0.4, -0.2) is 37.2 Å². The Kier molecular flexibility index (Phi) is 64.6. The molecule has 1 unspecified atom stereocenters. The fourth-order valence-electron chi connectivity index (χ4n) is 10.4. The van der Waals surface area contributed by atoms with Crippen LogP contribution in [0.1, 0.15) is 374 Å². The Balaban J connectivity index is 4.03. The fourth-order valence-corrected chi connectivity index (χ4v) is 10.4. The maximum absolute atomic E-state index is 12.8. The second kappa shape index (κ2) is 66.9. The zero-order valence-electron chi connectivity index (χ0n) is 52.5. The van der Waals surface area contributed by atoms with Crippen LogP contribution in [-0.2, 0) is 28.6 Å². The van der Waals surface area contributed by atoms with Crippen molar-refractivity contribution in [1.82, 2.24) is 0 Å². The molecule has 0 fully saturated rings. The molecule has 0 saturated carbocycles. The van der Waals surface area contributed by atoms with Crippen molar-refractivity contribution in [1.29, 1.82) is 0 Å². The lowest BCUT2D eigenvalue weighted by Gasteiger charge is -2.18. The van der Waals surface area contributed by atoms with Gasteiger partial charge in [-0.1, -0.05) is 326 Å². The molecule has 78 heavy (non-hydrogen) atoms. The molecule has 0 aromatic heterocycles. The van der Waals surface area contributed by atoms with Gasteiger partial charge in [-0.15, -0.1) is 0 Å². The molecule has 456 valence electrons. The lowest BCUT2D eigenvalue weighted by molar-refractivity contribution is -0.167. The minimum absolute atomic E-state index is 0.0845. The van der Waals surface area contributed by atoms with Gasteiger partial charge in [-0.2, -0.15) is 0 Å². The predicted molar refractivity (Wildman–Crippen MR) is 339 cm³/mol. The third-order valence-corrected chi connectivity index (χ3v) is 15.6. The van der Waals surface area contributed by atoms with E-state index in [0.717, 1.165) is 89.9 Å². The van der Waals surface area contributed by atoms with E-state index in [-0.39, 0.29) is 31.1 Å². The molecule has 0 aromatic carbocycles. The number of hydrogen-bond donors (Lipinski definition) is 0. The van der Waals surface area contributed by atoms with Crippen LogP contribution < -0.4 is 0 Å². The third kappa shape index (κ3) is 64.2. The summed E-state index contributed by atoms with van der Waals surface area (Å²) >= 11 is 0. The molecule has 0 aliphatic carbocycles. The highest BCUT2D eigenvalue weighted by Gasteiger charge is 2.19. The van der Waals surface area contributed by atoms with E-state index in [0.29, 0.717) is 19.3 Å². The Labute approximate surface area is 486 Å². The molecule has 0 aliphatic heterocycles. The first-order valence-electron chi connectivity index (χ1n) is 34.6. The molecular formula is C72H132O6. The Hall–Kier alpha value is -2.63. The summed E-state index contributed by atoms with van der Waals surface area (Å²) in [6.07, 6.45) is 84.6. The molecule has 6 heteroatoms. The number of carbonyl (C=O) groups excluding carboxylic acids is 3. The number of ether oxygens (including phenoxy) is 3. The van der Waals surface area contributed by atoms with Crippen molar-refractivity contribution < 1.29 is 28.6 Å². The van der Waals surface area contributed by atoms with Gasteiger partial charge in [-0.3, -0.25) is 14.4 Å². The van der Waals surface area contributed by atoms with Crippen LogP contribution in [0.25, 0.3) is 0 Å². The molecule has 0 saturated heterocycles. The number of esters is 3. The standard InChI is InChI=1S/C72H132O6/c1-4-7-10-13-16-19-22-25-26-27-28-29-30-31-32-33-34-35-36-37-38-39-40-41-42-43-44-45-48-50-53-56-59-62-65-71(74)77-68-69(78-72(75)66-63-60-57-54-51-47-24-21-18-15-12-9-6-3)67-76-70(73)64-61-58-55-52-49-46-23-20-17-14-11-8-5-2/h9,12,18,20-21,23,47,51,69H,4-8,10-11,13-17,19,22,24-46,48-50,52-68H2,1-3H3/b12-9-,21-18-,23-20-,51-47-. The largest absolute Gasteiger partial charge is 0.462 e. The number of allylic oxidation sites excluding steroid dienone is 8. The van der Waals surface area contributed by atoms with E-state index in [1.54, 1.807) is 0 Å². The van der Waals surface area contributed by atoms with Crippen molar-refractivity contribution in [2.75, 3.05) is 13.2 Å². The van der Waals surface area contributed by atoms with Crippen LogP contribution in [0.3, 0.4) is 0 Å². The SMILES string of the molecule is CC/C=C\C/C=C\C/C=C\CCCCCC(=O)OC(COC(=O)CCCCCCC/C=C\CCCCCC)COC(=O)CCCCCCCCCCCCCCCCCCCCCCCCCCCCCCCCCCCC. The second-order valence-electron chi connectivity index (χ2n) is 23.4. The van der Waals surface area contributed by atoms with Gasteiger partial charge in [0.15, 0.2) is 6.10 Å². The van der Waals surface area contributed by atoms with Gasteiger partial charge in [-0.05, 0) is 77.0 Å². The summed E-state index contributed by atoms with van der Waals surface area (Å²) < 4.78 is 16.9. The first-order chi connectivity index (χ1) is 38.5. The minimum atomic E-state index is -0.790. The highest BCUT2D eigenvalue weighted by Crippen LogP contribution is 2.19. The summed E-state index contributed by atoms with van der Waals surface area (Å²) in [7, 11) is 0. The van der Waals surface area contributed by atoms with Gasteiger partial charge in [0.1, 0.15) is 13.2 Å². The Morgan fingerprint density at radius 3 is 0.821 bits per heavy atom. The predicted octanol–water partition coefficient (Wildman–Crippen LogP) is 23.7. The highest BCUT2D eigenvalue weighted by atomic mass is 16.6. The monoisotopic (exact) mass is 1090 g/mol. The van der Waals surface area contributed by atoms with Gasteiger partial charge in [0.25, 0.3) is 0 Å². The summed E-state index contributed by atoms with van der Waals surface area (Å²) in [6, 6.07) is 0. The molecule has 0 N–H and O–H groups in total.